The van der Waals surface area contributed by atoms with E-state index >= 15 is 0 Å². The van der Waals surface area contributed by atoms with Crippen LogP contribution in [0.5, 0.6) is 0 Å². The summed E-state index contributed by atoms with van der Waals surface area (Å²) in [7, 11) is 0.545. The molecule has 1 aliphatic rings. The molecular weight excluding hydrogens is 498 g/mol. The molecule has 2 rings (SSSR count). The molecule has 1 aromatic rings. The summed E-state index contributed by atoms with van der Waals surface area (Å²) in [6, 6.07) is 5.50. The summed E-state index contributed by atoms with van der Waals surface area (Å²) in [5.41, 5.74) is 1.01. The highest BCUT2D eigenvalue weighted by Crippen LogP contribution is 2.23. The number of benzene rings is 1. The van der Waals surface area contributed by atoms with Gasteiger partial charge in [-0.15, -0.1) is 24.0 Å². The molecule has 142 valence electrons. The molecule has 0 atom stereocenters. The molecule has 1 fully saturated rings. The van der Waals surface area contributed by atoms with Crippen molar-refractivity contribution in [2.45, 2.75) is 13.0 Å². The third kappa shape index (κ3) is 6.42. The van der Waals surface area contributed by atoms with Gasteiger partial charge < -0.3 is 10.2 Å². The molecular formula is C15H23Cl2IN4O2S. The van der Waals surface area contributed by atoms with Crippen LogP contribution in [-0.2, 0) is 16.6 Å². The highest BCUT2D eigenvalue weighted by molar-refractivity contribution is 14.0. The van der Waals surface area contributed by atoms with E-state index in [-0.39, 0.29) is 29.7 Å². The third-order valence-electron chi connectivity index (χ3n) is 3.82. The fourth-order valence-corrected chi connectivity index (χ4v) is 4.46. The molecule has 10 heteroatoms. The summed E-state index contributed by atoms with van der Waals surface area (Å²) in [5.74, 6) is 0.941. The summed E-state index contributed by atoms with van der Waals surface area (Å²) in [4.78, 5) is 6.17. The summed E-state index contributed by atoms with van der Waals surface area (Å²) in [5, 5.41) is 4.23. The minimum absolute atomic E-state index is 0. The monoisotopic (exact) mass is 520 g/mol. The van der Waals surface area contributed by atoms with Crippen molar-refractivity contribution in [1.29, 1.82) is 0 Å². The van der Waals surface area contributed by atoms with Gasteiger partial charge in [0.2, 0.25) is 10.0 Å². The number of sulfonamides is 1. The number of nitrogens with zero attached hydrogens (tertiary/aromatic N) is 3. The SMILES string of the molecule is CN=C(NCCN1CCCS1(=O)=O)N(C)Cc1ccc(Cl)c(Cl)c1.I. The molecule has 25 heavy (non-hydrogen) atoms. The molecule has 1 heterocycles. The number of hydrogen-bond acceptors (Lipinski definition) is 3. The van der Waals surface area contributed by atoms with Crippen molar-refractivity contribution < 1.29 is 8.42 Å². The van der Waals surface area contributed by atoms with E-state index in [1.165, 1.54) is 4.31 Å². The minimum Gasteiger partial charge on any atom is -0.355 e. The van der Waals surface area contributed by atoms with Gasteiger partial charge in [-0.3, -0.25) is 4.99 Å². The summed E-state index contributed by atoms with van der Waals surface area (Å²) in [6.07, 6.45) is 0.703. The van der Waals surface area contributed by atoms with Crippen LogP contribution < -0.4 is 5.32 Å². The standard InChI is InChI=1S/C15H22Cl2N4O2S.HI/c1-18-15(19-6-8-21-7-3-9-24(21,22)23)20(2)11-12-4-5-13(16)14(17)10-12;/h4-5,10H,3,6-9,11H2,1-2H3,(H,18,19);1H. The summed E-state index contributed by atoms with van der Waals surface area (Å²) < 4.78 is 25.1. The molecule has 0 spiro atoms. The van der Waals surface area contributed by atoms with Gasteiger partial charge in [0, 0.05) is 40.3 Å². The van der Waals surface area contributed by atoms with Crippen molar-refractivity contribution >= 4 is 63.2 Å². The van der Waals surface area contributed by atoms with E-state index in [0.717, 1.165) is 5.56 Å². The summed E-state index contributed by atoms with van der Waals surface area (Å²) in [6.45, 7) is 2.17. The predicted molar refractivity (Wildman–Crippen MR) is 115 cm³/mol. The second-order valence-corrected chi connectivity index (χ2v) is 8.55. The molecule has 0 aromatic heterocycles. The highest BCUT2D eigenvalue weighted by atomic mass is 127. The number of aliphatic imine (C=N–C) groups is 1. The lowest BCUT2D eigenvalue weighted by Crippen LogP contribution is -2.42. The van der Waals surface area contributed by atoms with Gasteiger partial charge in [-0.05, 0) is 24.1 Å². The molecule has 1 N–H and O–H groups in total. The van der Waals surface area contributed by atoms with Gasteiger partial charge in [0.1, 0.15) is 0 Å². The van der Waals surface area contributed by atoms with Crippen LogP contribution in [0, 0.1) is 0 Å². The molecule has 0 radical (unpaired) electrons. The Morgan fingerprint density at radius 1 is 1.36 bits per heavy atom. The van der Waals surface area contributed by atoms with Crippen molar-refractivity contribution in [2.24, 2.45) is 4.99 Å². The van der Waals surface area contributed by atoms with Gasteiger partial charge >= 0.3 is 0 Å². The van der Waals surface area contributed by atoms with E-state index in [1.807, 2.05) is 24.1 Å². The average Bonchev–Trinajstić information content (AvgIpc) is 2.86. The number of nitrogens with one attached hydrogen (secondary N) is 1. The quantitative estimate of drug-likeness (QED) is 0.368. The number of hydrogen-bond donors (Lipinski definition) is 1. The number of guanidine groups is 1. The van der Waals surface area contributed by atoms with Gasteiger partial charge in [0.15, 0.2) is 5.96 Å². The van der Waals surface area contributed by atoms with Gasteiger partial charge in [0.05, 0.1) is 15.8 Å². The van der Waals surface area contributed by atoms with Crippen molar-refractivity contribution in [3.05, 3.63) is 33.8 Å². The highest BCUT2D eigenvalue weighted by Gasteiger charge is 2.27. The molecule has 1 aliphatic heterocycles. The Kier molecular flexibility index (Phi) is 9.24. The molecule has 1 saturated heterocycles. The lowest BCUT2D eigenvalue weighted by molar-refractivity contribution is 0.432. The lowest BCUT2D eigenvalue weighted by atomic mass is 10.2. The maximum absolute atomic E-state index is 11.8. The van der Waals surface area contributed by atoms with E-state index in [2.05, 4.69) is 10.3 Å². The van der Waals surface area contributed by atoms with Crippen LogP contribution in [0.2, 0.25) is 10.0 Å². The first-order valence-electron chi connectivity index (χ1n) is 7.67. The maximum Gasteiger partial charge on any atom is 0.214 e. The van der Waals surface area contributed by atoms with Crippen LogP contribution in [0.1, 0.15) is 12.0 Å². The first-order valence-corrected chi connectivity index (χ1v) is 10.0. The second-order valence-electron chi connectivity index (χ2n) is 5.65. The van der Waals surface area contributed by atoms with Gasteiger partial charge in [0.25, 0.3) is 0 Å². The molecule has 0 saturated carbocycles. The van der Waals surface area contributed by atoms with Crippen molar-refractivity contribution in [3.63, 3.8) is 0 Å². The minimum atomic E-state index is -3.06. The van der Waals surface area contributed by atoms with Crippen molar-refractivity contribution in [3.8, 4) is 0 Å². The number of rotatable bonds is 5. The fraction of sp³-hybridized carbons (Fsp3) is 0.533. The Morgan fingerprint density at radius 2 is 2.08 bits per heavy atom. The van der Waals surface area contributed by atoms with E-state index in [0.29, 0.717) is 48.6 Å². The Balaban J connectivity index is 0.00000312. The van der Waals surface area contributed by atoms with Gasteiger partial charge in [-0.2, -0.15) is 0 Å². The van der Waals surface area contributed by atoms with Gasteiger partial charge in [-0.1, -0.05) is 29.3 Å². The molecule has 0 bridgehead atoms. The van der Waals surface area contributed by atoms with Crippen LogP contribution in [0.25, 0.3) is 0 Å². The zero-order valence-corrected chi connectivity index (χ0v) is 18.9. The first-order chi connectivity index (χ1) is 11.3. The first kappa shape index (κ1) is 22.8. The Morgan fingerprint density at radius 3 is 2.64 bits per heavy atom. The smallest absolute Gasteiger partial charge is 0.214 e. The lowest BCUT2D eigenvalue weighted by Gasteiger charge is -2.23. The van der Waals surface area contributed by atoms with E-state index < -0.39 is 10.0 Å². The predicted octanol–water partition coefficient (Wildman–Crippen LogP) is 2.65. The summed E-state index contributed by atoms with van der Waals surface area (Å²) >= 11 is 12.0. The normalized spacial score (nSPS) is 17.2. The van der Waals surface area contributed by atoms with Crippen LogP contribution in [0.3, 0.4) is 0 Å². The Bertz CT molecular complexity index is 715. The van der Waals surface area contributed by atoms with Gasteiger partial charge in [-0.25, -0.2) is 12.7 Å². The van der Waals surface area contributed by atoms with Crippen LogP contribution >= 0.6 is 47.2 Å². The fourth-order valence-electron chi connectivity index (χ4n) is 2.61. The molecule has 0 amide bonds. The molecule has 1 aromatic carbocycles. The maximum atomic E-state index is 11.8. The average molecular weight is 521 g/mol. The zero-order chi connectivity index (χ0) is 17.7. The van der Waals surface area contributed by atoms with Crippen molar-refractivity contribution in [1.82, 2.24) is 14.5 Å². The molecule has 0 aliphatic carbocycles. The topological polar surface area (TPSA) is 65.0 Å². The largest absolute Gasteiger partial charge is 0.355 e. The van der Waals surface area contributed by atoms with Crippen molar-refractivity contribution in [2.75, 3.05) is 39.5 Å². The Hall–Kier alpha value is -0.290. The zero-order valence-electron chi connectivity index (χ0n) is 14.2. The Labute approximate surface area is 176 Å². The third-order valence-corrected chi connectivity index (χ3v) is 6.52. The number of halogens is 3. The van der Waals surface area contributed by atoms with Crippen LogP contribution in [0.15, 0.2) is 23.2 Å². The molecule has 0 unspecified atom stereocenters. The molecule has 6 nitrogen and oxygen atoms in total. The van der Waals surface area contributed by atoms with E-state index in [1.54, 1.807) is 13.1 Å². The van der Waals surface area contributed by atoms with E-state index in [4.69, 9.17) is 23.2 Å². The van der Waals surface area contributed by atoms with Crippen LogP contribution in [-0.4, -0.2) is 63.1 Å². The van der Waals surface area contributed by atoms with Crippen LogP contribution in [0.4, 0.5) is 0 Å². The second kappa shape index (κ2) is 10.1. The van der Waals surface area contributed by atoms with E-state index in [9.17, 15) is 8.42 Å².